The van der Waals surface area contributed by atoms with Crippen LogP contribution in [0, 0.1) is 11.8 Å². The molecule has 2 saturated carbocycles. The highest BCUT2D eigenvalue weighted by molar-refractivity contribution is 5.84. The molecule has 0 bridgehead atoms. The average molecular weight is 253 g/mol. The number of carbonyl (C=O) groups is 1. The molecule has 0 radical (unpaired) electrons. The molecular formula is C14H27N3O. The second kappa shape index (κ2) is 5.57. The van der Waals surface area contributed by atoms with E-state index in [0.717, 1.165) is 38.0 Å². The van der Waals surface area contributed by atoms with Crippen molar-refractivity contribution in [3.63, 3.8) is 0 Å². The monoisotopic (exact) mass is 253 g/mol. The van der Waals surface area contributed by atoms with Gasteiger partial charge in [0.2, 0.25) is 5.91 Å². The van der Waals surface area contributed by atoms with Gasteiger partial charge in [-0.25, -0.2) is 0 Å². The molecule has 0 spiro atoms. The molecule has 0 heterocycles. The average Bonchev–Trinajstić information content (AvgIpc) is 3.13. The molecule has 2 aliphatic rings. The predicted molar refractivity (Wildman–Crippen MR) is 73.2 cm³/mol. The van der Waals surface area contributed by atoms with Gasteiger partial charge in [0.05, 0.1) is 0 Å². The van der Waals surface area contributed by atoms with Crippen LogP contribution in [0.2, 0.25) is 0 Å². The fourth-order valence-electron chi connectivity index (χ4n) is 2.59. The van der Waals surface area contributed by atoms with Gasteiger partial charge in [-0.2, -0.15) is 0 Å². The number of hydrogen-bond donors (Lipinski definition) is 2. The van der Waals surface area contributed by atoms with E-state index in [1.165, 1.54) is 25.7 Å². The van der Waals surface area contributed by atoms with Gasteiger partial charge in [-0.3, -0.25) is 4.79 Å². The third kappa shape index (κ3) is 3.95. The fourth-order valence-corrected chi connectivity index (χ4v) is 2.59. The molecule has 3 N–H and O–H groups in total. The summed E-state index contributed by atoms with van der Waals surface area (Å²) in [5.74, 6) is 1.49. The number of nitrogens with one attached hydrogen (secondary N) is 1. The second-order valence-corrected chi connectivity index (χ2v) is 6.31. The van der Waals surface area contributed by atoms with Crippen molar-refractivity contribution in [3.05, 3.63) is 0 Å². The van der Waals surface area contributed by atoms with Crippen LogP contribution in [0.5, 0.6) is 0 Å². The Hall–Kier alpha value is -0.610. The highest BCUT2D eigenvalue weighted by Gasteiger charge is 2.36. The lowest BCUT2D eigenvalue weighted by Crippen LogP contribution is -2.60. The molecule has 1 unspecified atom stereocenters. The summed E-state index contributed by atoms with van der Waals surface area (Å²) >= 11 is 0. The molecule has 1 atom stereocenters. The van der Waals surface area contributed by atoms with Gasteiger partial charge in [0.15, 0.2) is 0 Å². The Labute approximate surface area is 110 Å². The number of rotatable bonds is 9. The van der Waals surface area contributed by atoms with Gasteiger partial charge in [-0.05, 0) is 51.0 Å². The van der Waals surface area contributed by atoms with Crippen LogP contribution in [0.1, 0.15) is 39.5 Å². The van der Waals surface area contributed by atoms with Gasteiger partial charge in [0.1, 0.15) is 5.54 Å². The minimum atomic E-state index is -0.585. The molecular weight excluding hydrogens is 226 g/mol. The predicted octanol–water partition coefficient (Wildman–Crippen LogP) is 0.962. The Bertz CT molecular complexity index is 285. The fraction of sp³-hybridized carbons (Fsp3) is 0.929. The van der Waals surface area contributed by atoms with E-state index in [2.05, 4.69) is 10.2 Å². The van der Waals surface area contributed by atoms with Crippen LogP contribution in [0.4, 0.5) is 0 Å². The Morgan fingerprint density at radius 2 is 1.78 bits per heavy atom. The van der Waals surface area contributed by atoms with Crippen LogP contribution >= 0.6 is 0 Å². The lowest BCUT2D eigenvalue weighted by Gasteiger charge is -2.34. The van der Waals surface area contributed by atoms with E-state index in [1.807, 2.05) is 13.8 Å². The molecule has 0 aromatic rings. The summed E-state index contributed by atoms with van der Waals surface area (Å²) in [4.78, 5) is 14.1. The van der Waals surface area contributed by atoms with Crippen LogP contribution in [0.3, 0.4) is 0 Å². The van der Waals surface area contributed by atoms with E-state index in [1.54, 1.807) is 0 Å². The molecule has 0 aromatic carbocycles. The van der Waals surface area contributed by atoms with Crippen molar-refractivity contribution < 1.29 is 4.79 Å². The first-order valence-corrected chi connectivity index (χ1v) is 7.31. The number of likely N-dealkylation sites (N-methyl/N-ethyl adjacent to an activating group) is 1. The van der Waals surface area contributed by atoms with Crippen LogP contribution in [-0.4, -0.2) is 42.5 Å². The van der Waals surface area contributed by atoms with Gasteiger partial charge < -0.3 is 16.0 Å². The Kier molecular flexibility index (Phi) is 4.28. The molecule has 0 aromatic heterocycles. The van der Waals surface area contributed by atoms with E-state index in [0.29, 0.717) is 0 Å². The standard InChI is InChI=1S/C14H27N3O/c1-3-16-14(2,13(15)18)10-17(8-11-4-5-11)9-12-6-7-12/h11-12,16H,3-10H2,1-2H3,(H2,15,18). The molecule has 104 valence electrons. The molecule has 18 heavy (non-hydrogen) atoms. The quantitative estimate of drug-likeness (QED) is 0.643. The maximum Gasteiger partial charge on any atom is 0.238 e. The van der Waals surface area contributed by atoms with Crippen LogP contribution in [-0.2, 0) is 4.79 Å². The third-order valence-electron chi connectivity index (χ3n) is 4.08. The molecule has 2 rings (SSSR count). The lowest BCUT2D eigenvalue weighted by atomic mass is 10.00. The van der Waals surface area contributed by atoms with Crippen LogP contribution < -0.4 is 11.1 Å². The summed E-state index contributed by atoms with van der Waals surface area (Å²) in [7, 11) is 0. The summed E-state index contributed by atoms with van der Waals surface area (Å²) in [5.41, 5.74) is 4.99. The van der Waals surface area contributed by atoms with E-state index >= 15 is 0 Å². The van der Waals surface area contributed by atoms with Crippen molar-refractivity contribution >= 4 is 5.91 Å². The molecule has 0 aliphatic heterocycles. The number of carbonyl (C=O) groups excluding carboxylic acids is 1. The largest absolute Gasteiger partial charge is 0.368 e. The maximum absolute atomic E-state index is 11.7. The summed E-state index contributed by atoms with van der Waals surface area (Å²) in [6.45, 7) is 7.78. The minimum absolute atomic E-state index is 0.235. The van der Waals surface area contributed by atoms with Crippen LogP contribution in [0.15, 0.2) is 0 Å². The Morgan fingerprint density at radius 1 is 1.28 bits per heavy atom. The number of primary amides is 1. The summed E-state index contributed by atoms with van der Waals surface area (Å²) in [5, 5.41) is 3.26. The van der Waals surface area contributed by atoms with Gasteiger partial charge in [-0.15, -0.1) is 0 Å². The highest BCUT2D eigenvalue weighted by atomic mass is 16.1. The lowest BCUT2D eigenvalue weighted by molar-refractivity contribution is -0.124. The van der Waals surface area contributed by atoms with Crippen molar-refractivity contribution in [1.82, 2.24) is 10.2 Å². The maximum atomic E-state index is 11.7. The molecule has 2 aliphatic carbocycles. The minimum Gasteiger partial charge on any atom is -0.368 e. The molecule has 4 heteroatoms. The molecule has 1 amide bonds. The zero-order valence-corrected chi connectivity index (χ0v) is 11.7. The number of nitrogens with zero attached hydrogens (tertiary/aromatic N) is 1. The Balaban J connectivity index is 1.92. The number of hydrogen-bond acceptors (Lipinski definition) is 3. The molecule has 2 fully saturated rings. The van der Waals surface area contributed by atoms with Crippen molar-refractivity contribution in [1.29, 1.82) is 0 Å². The van der Waals surface area contributed by atoms with Crippen molar-refractivity contribution in [3.8, 4) is 0 Å². The topological polar surface area (TPSA) is 58.4 Å². The van der Waals surface area contributed by atoms with E-state index in [9.17, 15) is 4.79 Å². The summed E-state index contributed by atoms with van der Waals surface area (Å²) in [6, 6.07) is 0. The van der Waals surface area contributed by atoms with E-state index < -0.39 is 5.54 Å². The zero-order valence-electron chi connectivity index (χ0n) is 11.7. The first kappa shape index (κ1) is 13.8. The van der Waals surface area contributed by atoms with Gasteiger partial charge in [0, 0.05) is 19.6 Å². The first-order chi connectivity index (χ1) is 8.53. The van der Waals surface area contributed by atoms with Crippen molar-refractivity contribution in [2.45, 2.75) is 45.1 Å². The van der Waals surface area contributed by atoms with E-state index in [-0.39, 0.29) is 5.91 Å². The Morgan fingerprint density at radius 3 is 2.11 bits per heavy atom. The SMILES string of the molecule is CCNC(C)(CN(CC1CC1)CC1CC1)C(N)=O. The van der Waals surface area contributed by atoms with Gasteiger partial charge in [-0.1, -0.05) is 6.92 Å². The zero-order chi connectivity index (χ0) is 13.2. The van der Waals surface area contributed by atoms with Crippen molar-refractivity contribution in [2.24, 2.45) is 17.6 Å². The second-order valence-electron chi connectivity index (χ2n) is 6.31. The number of amides is 1. The summed E-state index contributed by atoms with van der Waals surface area (Å²) in [6.07, 6.45) is 5.43. The highest BCUT2D eigenvalue weighted by Crippen LogP contribution is 2.34. The summed E-state index contributed by atoms with van der Waals surface area (Å²) < 4.78 is 0. The van der Waals surface area contributed by atoms with Crippen molar-refractivity contribution in [2.75, 3.05) is 26.2 Å². The molecule has 4 nitrogen and oxygen atoms in total. The first-order valence-electron chi connectivity index (χ1n) is 7.31. The van der Waals surface area contributed by atoms with Gasteiger partial charge >= 0.3 is 0 Å². The molecule has 0 saturated heterocycles. The third-order valence-corrected chi connectivity index (χ3v) is 4.08. The number of nitrogens with two attached hydrogens (primary N) is 1. The normalized spacial score (nSPS) is 23.1. The van der Waals surface area contributed by atoms with Crippen LogP contribution in [0.25, 0.3) is 0 Å². The van der Waals surface area contributed by atoms with Gasteiger partial charge in [0.25, 0.3) is 0 Å². The van der Waals surface area contributed by atoms with E-state index in [4.69, 9.17) is 5.73 Å². The smallest absolute Gasteiger partial charge is 0.238 e.